The highest BCUT2D eigenvalue weighted by Gasteiger charge is 2.12. The Bertz CT molecular complexity index is 388. The molecule has 1 aliphatic rings. The molecular formula is C9H13N3OS. The van der Waals surface area contributed by atoms with Gasteiger partial charge in [-0.05, 0) is 32.0 Å². The van der Waals surface area contributed by atoms with Crippen molar-refractivity contribution >= 4 is 12.2 Å². The van der Waals surface area contributed by atoms with Gasteiger partial charge in [-0.2, -0.15) is 0 Å². The molecule has 76 valence electrons. The predicted molar refractivity (Wildman–Crippen MR) is 56.7 cm³/mol. The second-order valence-electron chi connectivity index (χ2n) is 3.52. The molecule has 2 rings (SSSR count). The molecule has 1 saturated heterocycles. The molecule has 0 atom stereocenters. The van der Waals surface area contributed by atoms with E-state index in [1.165, 1.54) is 12.8 Å². The molecule has 0 amide bonds. The van der Waals surface area contributed by atoms with Gasteiger partial charge in [0.15, 0.2) is 0 Å². The number of H-pyrrole nitrogens is 1. The summed E-state index contributed by atoms with van der Waals surface area (Å²) in [6.07, 6.45) is 4.03. The maximum absolute atomic E-state index is 11.4. The van der Waals surface area contributed by atoms with Crippen LogP contribution in [0.15, 0.2) is 17.1 Å². The number of aromatic amines is 1. The fourth-order valence-electron chi connectivity index (χ4n) is 1.71. The van der Waals surface area contributed by atoms with E-state index >= 15 is 0 Å². The molecule has 2 heterocycles. The topological polar surface area (TPSA) is 41.0 Å². The Hall–Kier alpha value is -0.940. The molecule has 0 aliphatic carbocycles. The lowest BCUT2D eigenvalue weighted by molar-refractivity contribution is 0.262. The SMILES string of the molecule is O=c1[nH]ccc(=S)n1CN1CCCC1. The fraction of sp³-hybridized carbons (Fsp3) is 0.556. The Balaban J connectivity index is 2.23. The molecule has 0 bridgehead atoms. The molecule has 4 nitrogen and oxygen atoms in total. The van der Waals surface area contributed by atoms with E-state index in [1.807, 2.05) is 0 Å². The van der Waals surface area contributed by atoms with Crippen LogP contribution >= 0.6 is 12.2 Å². The molecule has 1 aromatic rings. The Morgan fingerprint density at radius 1 is 1.43 bits per heavy atom. The van der Waals surface area contributed by atoms with Gasteiger partial charge in [0, 0.05) is 6.20 Å². The number of hydrogen-bond acceptors (Lipinski definition) is 3. The number of aromatic nitrogens is 2. The maximum Gasteiger partial charge on any atom is 0.327 e. The van der Waals surface area contributed by atoms with Gasteiger partial charge < -0.3 is 4.98 Å². The molecule has 1 fully saturated rings. The van der Waals surface area contributed by atoms with Gasteiger partial charge in [-0.25, -0.2) is 4.79 Å². The van der Waals surface area contributed by atoms with E-state index in [9.17, 15) is 4.79 Å². The summed E-state index contributed by atoms with van der Waals surface area (Å²) in [5, 5.41) is 0. The van der Waals surface area contributed by atoms with Crippen LogP contribution < -0.4 is 5.69 Å². The van der Waals surface area contributed by atoms with Crippen LogP contribution in [0, 0.1) is 4.64 Å². The monoisotopic (exact) mass is 211 g/mol. The molecular weight excluding hydrogens is 198 g/mol. The van der Waals surface area contributed by atoms with Crippen LogP contribution in [0.1, 0.15) is 12.8 Å². The Morgan fingerprint density at radius 2 is 2.14 bits per heavy atom. The summed E-state index contributed by atoms with van der Waals surface area (Å²) >= 11 is 5.09. The van der Waals surface area contributed by atoms with Gasteiger partial charge in [-0.3, -0.25) is 9.47 Å². The van der Waals surface area contributed by atoms with Gasteiger partial charge in [-0.15, -0.1) is 0 Å². The van der Waals surface area contributed by atoms with Gasteiger partial charge in [0.25, 0.3) is 0 Å². The second-order valence-corrected chi connectivity index (χ2v) is 3.93. The van der Waals surface area contributed by atoms with E-state index in [2.05, 4.69) is 9.88 Å². The molecule has 0 radical (unpaired) electrons. The first kappa shape index (κ1) is 9.61. The van der Waals surface area contributed by atoms with Crippen molar-refractivity contribution in [1.82, 2.24) is 14.5 Å². The smallest absolute Gasteiger partial charge is 0.314 e. The summed E-state index contributed by atoms with van der Waals surface area (Å²) in [6.45, 7) is 2.75. The highest BCUT2D eigenvalue weighted by Crippen LogP contribution is 2.07. The van der Waals surface area contributed by atoms with E-state index in [0.29, 0.717) is 11.3 Å². The second kappa shape index (κ2) is 4.06. The van der Waals surface area contributed by atoms with E-state index in [4.69, 9.17) is 12.2 Å². The van der Waals surface area contributed by atoms with Gasteiger partial charge in [0.1, 0.15) is 4.64 Å². The van der Waals surface area contributed by atoms with Crippen molar-refractivity contribution in [3.8, 4) is 0 Å². The van der Waals surface area contributed by atoms with E-state index in [1.54, 1.807) is 16.8 Å². The first-order valence-corrected chi connectivity index (χ1v) is 5.19. The first-order valence-electron chi connectivity index (χ1n) is 4.78. The summed E-state index contributed by atoms with van der Waals surface area (Å²) in [5.74, 6) is 0. The zero-order valence-electron chi connectivity index (χ0n) is 7.90. The average Bonchev–Trinajstić information content (AvgIpc) is 2.64. The van der Waals surface area contributed by atoms with Crippen LogP contribution in [-0.4, -0.2) is 27.5 Å². The third kappa shape index (κ3) is 1.93. The number of nitrogens with one attached hydrogen (secondary N) is 1. The van der Waals surface area contributed by atoms with Gasteiger partial charge in [0.05, 0.1) is 6.67 Å². The predicted octanol–water partition coefficient (Wildman–Crippen LogP) is 0.959. The van der Waals surface area contributed by atoms with Crippen molar-refractivity contribution in [3.05, 3.63) is 27.4 Å². The van der Waals surface area contributed by atoms with Gasteiger partial charge >= 0.3 is 5.69 Å². The third-order valence-electron chi connectivity index (χ3n) is 2.48. The molecule has 0 unspecified atom stereocenters. The minimum Gasteiger partial charge on any atom is -0.314 e. The fourth-order valence-corrected chi connectivity index (χ4v) is 1.92. The van der Waals surface area contributed by atoms with Gasteiger partial charge in [0.2, 0.25) is 0 Å². The van der Waals surface area contributed by atoms with Crippen LogP contribution in [0.25, 0.3) is 0 Å². The third-order valence-corrected chi connectivity index (χ3v) is 2.84. The van der Waals surface area contributed by atoms with Crippen LogP contribution in [0.2, 0.25) is 0 Å². The summed E-state index contributed by atoms with van der Waals surface area (Å²) in [4.78, 5) is 16.3. The molecule has 1 aromatic heterocycles. The standard InChI is InChI=1S/C9H13N3OS/c13-9-10-4-3-8(14)12(9)7-11-5-1-2-6-11/h3-4H,1-2,5-7H2,(H,10,13). The number of nitrogens with zero attached hydrogens (tertiary/aromatic N) is 2. The van der Waals surface area contributed by atoms with Crippen molar-refractivity contribution in [3.63, 3.8) is 0 Å². The highest BCUT2D eigenvalue weighted by molar-refractivity contribution is 7.71. The molecule has 14 heavy (non-hydrogen) atoms. The normalized spacial score (nSPS) is 17.4. The largest absolute Gasteiger partial charge is 0.327 e. The van der Waals surface area contributed by atoms with Crippen molar-refractivity contribution in [2.24, 2.45) is 0 Å². The van der Waals surface area contributed by atoms with E-state index in [-0.39, 0.29) is 5.69 Å². The average molecular weight is 211 g/mol. The first-order chi connectivity index (χ1) is 6.77. The molecule has 0 saturated carbocycles. The Kier molecular flexibility index (Phi) is 2.79. The minimum absolute atomic E-state index is 0.121. The summed E-state index contributed by atoms with van der Waals surface area (Å²) < 4.78 is 2.20. The molecule has 0 aromatic carbocycles. The Morgan fingerprint density at radius 3 is 2.79 bits per heavy atom. The molecule has 5 heteroatoms. The minimum atomic E-state index is -0.121. The lowest BCUT2D eigenvalue weighted by Crippen LogP contribution is -2.31. The zero-order valence-corrected chi connectivity index (χ0v) is 8.72. The number of hydrogen-bond donors (Lipinski definition) is 1. The maximum atomic E-state index is 11.4. The van der Waals surface area contributed by atoms with E-state index < -0.39 is 0 Å². The quantitative estimate of drug-likeness (QED) is 0.741. The van der Waals surface area contributed by atoms with Crippen molar-refractivity contribution in [2.75, 3.05) is 13.1 Å². The lowest BCUT2D eigenvalue weighted by Gasteiger charge is -2.15. The highest BCUT2D eigenvalue weighted by atomic mass is 32.1. The molecule has 1 aliphatic heterocycles. The van der Waals surface area contributed by atoms with Crippen LogP contribution in [-0.2, 0) is 6.67 Å². The van der Waals surface area contributed by atoms with Crippen molar-refractivity contribution in [1.29, 1.82) is 0 Å². The van der Waals surface area contributed by atoms with Gasteiger partial charge in [-0.1, -0.05) is 12.2 Å². The Labute approximate surface area is 87.2 Å². The van der Waals surface area contributed by atoms with Crippen LogP contribution in [0.3, 0.4) is 0 Å². The summed E-state index contributed by atoms with van der Waals surface area (Å²) in [6, 6.07) is 1.74. The molecule has 0 spiro atoms. The van der Waals surface area contributed by atoms with Crippen LogP contribution in [0.4, 0.5) is 0 Å². The van der Waals surface area contributed by atoms with Crippen LogP contribution in [0.5, 0.6) is 0 Å². The number of likely N-dealkylation sites (tertiary alicyclic amines) is 1. The van der Waals surface area contributed by atoms with Crippen molar-refractivity contribution in [2.45, 2.75) is 19.5 Å². The summed E-state index contributed by atoms with van der Waals surface area (Å²) in [7, 11) is 0. The van der Waals surface area contributed by atoms with Crippen molar-refractivity contribution < 1.29 is 0 Å². The van der Waals surface area contributed by atoms with E-state index in [0.717, 1.165) is 13.1 Å². The number of rotatable bonds is 2. The summed E-state index contributed by atoms with van der Waals surface area (Å²) in [5.41, 5.74) is -0.121. The lowest BCUT2D eigenvalue weighted by atomic mass is 10.4. The molecule has 1 N–H and O–H groups in total. The zero-order chi connectivity index (χ0) is 9.97.